The van der Waals surface area contributed by atoms with Crippen LogP contribution in [-0.4, -0.2) is 67.4 Å². The molecular weight excluding hydrogens is 370 g/mol. The van der Waals surface area contributed by atoms with Gasteiger partial charge in [0.05, 0.1) is 24.6 Å². The van der Waals surface area contributed by atoms with Crippen molar-refractivity contribution in [3.63, 3.8) is 0 Å². The maximum Gasteiger partial charge on any atom is 0.327 e. The summed E-state index contributed by atoms with van der Waals surface area (Å²) in [5, 5.41) is 22.9. The van der Waals surface area contributed by atoms with Gasteiger partial charge in [0.15, 0.2) is 0 Å². The molecule has 1 amide bonds. The molecule has 28 heavy (non-hydrogen) atoms. The first-order valence-electron chi connectivity index (χ1n) is 7.98. The number of benzene rings is 1. The van der Waals surface area contributed by atoms with Gasteiger partial charge < -0.3 is 4.74 Å². The predicted molar refractivity (Wildman–Crippen MR) is 97.1 cm³/mol. The zero-order valence-electron chi connectivity index (χ0n) is 15.6. The first-order valence-corrected chi connectivity index (χ1v) is 7.98. The van der Waals surface area contributed by atoms with E-state index < -0.39 is 22.8 Å². The number of non-ortho nitro benzene ring substituents is 1. The molecule has 1 aromatic rings. The highest BCUT2D eigenvalue weighted by molar-refractivity contribution is 5.98. The van der Waals surface area contributed by atoms with Crippen LogP contribution in [0, 0.1) is 21.4 Å². The minimum atomic E-state index is -1.16. The maximum absolute atomic E-state index is 12.4. The number of carbonyl (C=O) groups is 2. The zero-order chi connectivity index (χ0) is 21.3. The molecule has 0 saturated heterocycles. The summed E-state index contributed by atoms with van der Waals surface area (Å²) in [6, 6.07) is 4.13. The molecule has 12 nitrogen and oxygen atoms in total. The molecule has 0 bridgehead atoms. The summed E-state index contributed by atoms with van der Waals surface area (Å²) in [5.74, 6) is -1.72. The summed E-state index contributed by atoms with van der Waals surface area (Å²) < 4.78 is 4.81. The number of nitriles is 1. The van der Waals surface area contributed by atoms with Crippen LogP contribution in [0.25, 0.3) is 10.4 Å². The van der Waals surface area contributed by atoms with Crippen molar-refractivity contribution in [3.05, 3.63) is 49.9 Å². The third-order valence-electron chi connectivity index (χ3n) is 3.95. The standard InChI is InChI=1S/C16H19N7O5/c1-21(7-6-17)8-9-22(2)14(16(25)28-3)13-10-11(23(26)27)4-5-12(13)15(24)19-20-18/h4-5,10,14H,7-9H2,1-3H3. The topological polar surface area (TPSA) is 166 Å². The number of nitrogens with zero attached hydrogens (tertiary/aromatic N) is 7. The minimum Gasteiger partial charge on any atom is -0.468 e. The van der Waals surface area contributed by atoms with Crippen molar-refractivity contribution in [2.24, 2.45) is 5.11 Å². The number of rotatable bonds is 9. The van der Waals surface area contributed by atoms with E-state index in [0.717, 1.165) is 25.3 Å². The fraction of sp³-hybridized carbons (Fsp3) is 0.438. The molecule has 1 aromatic carbocycles. The molecule has 1 unspecified atom stereocenters. The van der Waals surface area contributed by atoms with Gasteiger partial charge in [-0.05, 0) is 36.4 Å². The second-order valence-corrected chi connectivity index (χ2v) is 5.83. The van der Waals surface area contributed by atoms with E-state index in [-0.39, 0.29) is 29.9 Å². The van der Waals surface area contributed by atoms with Crippen molar-refractivity contribution in [2.75, 3.05) is 40.8 Å². The van der Waals surface area contributed by atoms with E-state index in [4.69, 9.17) is 15.5 Å². The summed E-state index contributed by atoms with van der Waals surface area (Å²) in [4.78, 5) is 40.7. The van der Waals surface area contributed by atoms with E-state index in [1.54, 1.807) is 19.0 Å². The van der Waals surface area contributed by atoms with Crippen LogP contribution in [0.3, 0.4) is 0 Å². The van der Waals surface area contributed by atoms with Gasteiger partial charge in [0.25, 0.3) is 5.69 Å². The van der Waals surface area contributed by atoms with E-state index in [1.807, 2.05) is 6.07 Å². The Morgan fingerprint density at radius 2 is 2.11 bits per heavy atom. The highest BCUT2D eigenvalue weighted by Gasteiger charge is 2.31. The van der Waals surface area contributed by atoms with Crippen LogP contribution < -0.4 is 0 Å². The highest BCUT2D eigenvalue weighted by atomic mass is 16.6. The molecule has 0 aliphatic carbocycles. The van der Waals surface area contributed by atoms with Gasteiger partial charge in [-0.1, -0.05) is 0 Å². The second kappa shape index (κ2) is 10.6. The SMILES string of the molecule is COC(=O)C(c1cc([N+](=O)[O-])ccc1C(=O)N=[N+]=[N-])N(C)CCN(C)CC#N. The van der Waals surface area contributed by atoms with Gasteiger partial charge >= 0.3 is 5.97 Å². The lowest BCUT2D eigenvalue weighted by Crippen LogP contribution is -2.38. The van der Waals surface area contributed by atoms with Gasteiger partial charge in [-0.2, -0.15) is 5.26 Å². The van der Waals surface area contributed by atoms with Crippen molar-refractivity contribution in [2.45, 2.75) is 6.04 Å². The number of carbonyl (C=O) groups excluding carboxylic acids is 2. The Morgan fingerprint density at radius 1 is 1.43 bits per heavy atom. The maximum atomic E-state index is 12.4. The number of methoxy groups -OCH3 is 1. The van der Waals surface area contributed by atoms with E-state index >= 15 is 0 Å². The summed E-state index contributed by atoms with van der Waals surface area (Å²) in [5.41, 5.74) is 8.04. The van der Waals surface area contributed by atoms with Crippen LogP contribution in [0.2, 0.25) is 0 Å². The highest BCUT2D eigenvalue weighted by Crippen LogP contribution is 2.29. The van der Waals surface area contributed by atoms with Crippen LogP contribution in [0.15, 0.2) is 23.3 Å². The lowest BCUT2D eigenvalue weighted by molar-refractivity contribution is -0.384. The molecule has 0 heterocycles. The third kappa shape index (κ3) is 5.75. The summed E-state index contributed by atoms with van der Waals surface area (Å²) in [7, 11) is 4.44. The molecule has 0 fully saturated rings. The largest absolute Gasteiger partial charge is 0.468 e. The quantitative estimate of drug-likeness (QED) is 0.117. The van der Waals surface area contributed by atoms with Crippen LogP contribution >= 0.6 is 0 Å². The van der Waals surface area contributed by atoms with Crippen LogP contribution in [-0.2, 0) is 9.53 Å². The van der Waals surface area contributed by atoms with Crippen LogP contribution in [0.1, 0.15) is 22.0 Å². The second-order valence-electron chi connectivity index (χ2n) is 5.83. The molecule has 0 aliphatic rings. The number of nitro benzene ring substituents is 1. The lowest BCUT2D eigenvalue weighted by Gasteiger charge is -2.28. The fourth-order valence-corrected chi connectivity index (χ4v) is 2.49. The number of nitro groups is 1. The number of likely N-dealkylation sites (N-methyl/N-ethyl adjacent to an activating group) is 2. The van der Waals surface area contributed by atoms with E-state index in [2.05, 4.69) is 10.0 Å². The number of azide groups is 1. The van der Waals surface area contributed by atoms with Crippen LogP contribution in [0.4, 0.5) is 5.69 Å². The Bertz CT molecular complexity index is 844. The average molecular weight is 389 g/mol. The molecule has 0 N–H and O–H groups in total. The van der Waals surface area contributed by atoms with E-state index in [9.17, 15) is 19.7 Å². The summed E-state index contributed by atoms with van der Waals surface area (Å²) in [6.45, 7) is 0.871. The molecule has 0 radical (unpaired) electrons. The number of esters is 1. The molecule has 0 aliphatic heterocycles. The molecule has 0 saturated carbocycles. The van der Waals surface area contributed by atoms with Crippen molar-refractivity contribution in [1.29, 1.82) is 5.26 Å². The van der Waals surface area contributed by atoms with Crippen molar-refractivity contribution in [1.82, 2.24) is 9.80 Å². The summed E-state index contributed by atoms with van der Waals surface area (Å²) >= 11 is 0. The van der Waals surface area contributed by atoms with E-state index in [0.29, 0.717) is 6.54 Å². The Balaban J connectivity index is 3.42. The smallest absolute Gasteiger partial charge is 0.327 e. The first kappa shape index (κ1) is 22.5. The van der Waals surface area contributed by atoms with Crippen LogP contribution in [0.5, 0.6) is 0 Å². The lowest BCUT2D eigenvalue weighted by atomic mass is 9.97. The Labute approximate surface area is 160 Å². The minimum absolute atomic E-state index is 0.0103. The van der Waals surface area contributed by atoms with Gasteiger partial charge in [-0.15, -0.1) is 0 Å². The van der Waals surface area contributed by atoms with Crippen molar-refractivity contribution < 1.29 is 19.2 Å². The summed E-state index contributed by atoms with van der Waals surface area (Å²) in [6.07, 6.45) is 0. The molecule has 0 aromatic heterocycles. The number of ether oxygens (including phenoxy) is 1. The third-order valence-corrected chi connectivity index (χ3v) is 3.95. The van der Waals surface area contributed by atoms with Gasteiger partial charge in [0.2, 0.25) is 5.91 Å². The molecule has 12 heteroatoms. The van der Waals surface area contributed by atoms with E-state index in [1.165, 1.54) is 4.90 Å². The Hall–Kier alpha value is -3.52. The molecule has 148 valence electrons. The van der Waals surface area contributed by atoms with Gasteiger partial charge in [0, 0.05) is 35.7 Å². The first-order chi connectivity index (χ1) is 13.3. The Kier molecular flexibility index (Phi) is 8.51. The van der Waals surface area contributed by atoms with Gasteiger partial charge in [-0.3, -0.25) is 24.7 Å². The van der Waals surface area contributed by atoms with Crippen molar-refractivity contribution in [3.8, 4) is 6.07 Å². The molecular formula is C16H19N7O5. The van der Waals surface area contributed by atoms with Crippen molar-refractivity contribution >= 4 is 17.6 Å². The molecule has 1 rings (SSSR count). The average Bonchev–Trinajstić information content (AvgIpc) is 2.66. The Morgan fingerprint density at radius 3 is 2.64 bits per heavy atom. The number of hydrogen-bond acceptors (Lipinski definition) is 8. The predicted octanol–water partition coefficient (Wildman–Crippen LogP) is 1.65. The van der Waals surface area contributed by atoms with Gasteiger partial charge in [0.1, 0.15) is 6.04 Å². The molecule has 0 spiro atoms. The monoisotopic (exact) mass is 389 g/mol. The van der Waals surface area contributed by atoms with Gasteiger partial charge in [-0.25, -0.2) is 4.79 Å². The fourth-order valence-electron chi connectivity index (χ4n) is 2.49. The number of hydrogen-bond donors (Lipinski definition) is 0. The zero-order valence-corrected chi connectivity index (χ0v) is 15.6. The number of amides is 1. The normalized spacial score (nSPS) is 11.4. The molecule has 1 atom stereocenters.